The van der Waals surface area contributed by atoms with E-state index < -0.39 is 0 Å². The minimum absolute atomic E-state index is 0.877. The Bertz CT molecular complexity index is 436. The van der Waals surface area contributed by atoms with Crippen molar-refractivity contribution in [3.63, 3.8) is 0 Å². The van der Waals surface area contributed by atoms with Gasteiger partial charge in [0.2, 0.25) is 0 Å². The van der Waals surface area contributed by atoms with Gasteiger partial charge < -0.3 is 10.1 Å². The highest BCUT2D eigenvalue weighted by molar-refractivity contribution is 7.17. The topological polar surface area (TPSA) is 21.3 Å². The summed E-state index contributed by atoms with van der Waals surface area (Å²) in [5.74, 6) is 0.975. The average Bonchev–Trinajstić information content (AvgIpc) is 2.65. The lowest BCUT2D eigenvalue weighted by Gasteiger charge is -2.05. The summed E-state index contributed by atoms with van der Waals surface area (Å²) in [6.45, 7) is 0.877. The Kier molecular flexibility index (Phi) is 2.70. The van der Waals surface area contributed by atoms with Crippen LogP contribution in [0.15, 0.2) is 23.6 Å². The zero-order chi connectivity index (χ0) is 9.97. The molecule has 0 atom stereocenters. The predicted molar refractivity (Wildman–Crippen MR) is 61.1 cm³/mol. The van der Waals surface area contributed by atoms with Crippen LogP contribution < -0.4 is 10.1 Å². The van der Waals surface area contributed by atoms with E-state index in [1.165, 1.54) is 15.6 Å². The molecule has 0 unspecified atom stereocenters. The molecule has 0 saturated heterocycles. The van der Waals surface area contributed by atoms with Crippen molar-refractivity contribution in [1.82, 2.24) is 5.32 Å². The van der Waals surface area contributed by atoms with Crippen molar-refractivity contribution in [2.45, 2.75) is 6.54 Å². The van der Waals surface area contributed by atoms with E-state index in [0.29, 0.717) is 0 Å². The summed E-state index contributed by atoms with van der Waals surface area (Å²) in [6, 6.07) is 6.42. The average molecular weight is 207 g/mol. The molecule has 0 radical (unpaired) electrons. The van der Waals surface area contributed by atoms with Crippen LogP contribution in [-0.2, 0) is 6.54 Å². The molecule has 0 amide bonds. The van der Waals surface area contributed by atoms with Crippen molar-refractivity contribution in [1.29, 1.82) is 0 Å². The molecule has 2 rings (SSSR count). The normalized spacial score (nSPS) is 10.7. The third-order valence-electron chi connectivity index (χ3n) is 2.18. The standard InChI is InChI=1S/C11H13NOS/c1-12-7-8-5-9-3-4-14-11(9)10(6-8)13-2/h3-6,12H,7H2,1-2H3. The molecule has 0 fully saturated rings. The fourth-order valence-corrected chi connectivity index (χ4v) is 2.44. The second-order valence-corrected chi connectivity index (χ2v) is 4.08. The van der Waals surface area contributed by atoms with Crippen molar-refractivity contribution < 1.29 is 4.74 Å². The van der Waals surface area contributed by atoms with Crippen LogP contribution in [0.2, 0.25) is 0 Å². The first-order valence-electron chi connectivity index (χ1n) is 4.54. The Morgan fingerprint density at radius 3 is 3.00 bits per heavy atom. The molecule has 1 heterocycles. The molecule has 14 heavy (non-hydrogen) atoms. The molecule has 0 aliphatic heterocycles. The molecule has 0 aliphatic rings. The van der Waals surface area contributed by atoms with Gasteiger partial charge in [0.1, 0.15) is 5.75 Å². The smallest absolute Gasteiger partial charge is 0.136 e. The molecule has 3 heteroatoms. The summed E-state index contributed by atoms with van der Waals surface area (Å²) >= 11 is 1.72. The third-order valence-corrected chi connectivity index (χ3v) is 3.12. The number of ether oxygens (including phenoxy) is 1. The van der Waals surface area contributed by atoms with E-state index in [1.54, 1.807) is 18.4 Å². The van der Waals surface area contributed by atoms with Gasteiger partial charge in [0.05, 0.1) is 11.8 Å². The minimum atomic E-state index is 0.877. The van der Waals surface area contributed by atoms with Gasteiger partial charge in [0.25, 0.3) is 0 Å². The number of benzene rings is 1. The van der Waals surface area contributed by atoms with Crippen LogP contribution in [0.3, 0.4) is 0 Å². The first-order chi connectivity index (χ1) is 6.85. The van der Waals surface area contributed by atoms with Gasteiger partial charge in [-0.3, -0.25) is 0 Å². The number of methoxy groups -OCH3 is 1. The third kappa shape index (κ3) is 1.61. The van der Waals surface area contributed by atoms with Gasteiger partial charge in [-0.2, -0.15) is 0 Å². The van der Waals surface area contributed by atoms with Crippen LogP contribution in [0.1, 0.15) is 5.56 Å². The molecule has 0 saturated carbocycles. The first kappa shape index (κ1) is 9.49. The molecular formula is C11H13NOS. The quantitative estimate of drug-likeness (QED) is 0.835. The minimum Gasteiger partial charge on any atom is -0.495 e. The fraction of sp³-hybridized carbons (Fsp3) is 0.273. The van der Waals surface area contributed by atoms with Crippen LogP contribution in [0, 0.1) is 0 Å². The predicted octanol–water partition coefficient (Wildman–Crippen LogP) is 2.63. The second-order valence-electron chi connectivity index (χ2n) is 3.17. The SMILES string of the molecule is CNCc1cc(OC)c2sccc2c1. The largest absolute Gasteiger partial charge is 0.495 e. The lowest BCUT2D eigenvalue weighted by atomic mass is 10.1. The number of nitrogens with one attached hydrogen (secondary N) is 1. The van der Waals surface area contributed by atoms with E-state index in [4.69, 9.17) is 4.74 Å². The molecule has 74 valence electrons. The summed E-state index contributed by atoms with van der Waals surface area (Å²) in [5.41, 5.74) is 1.26. The zero-order valence-corrected chi connectivity index (χ0v) is 9.15. The number of hydrogen-bond acceptors (Lipinski definition) is 3. The molecule has 1 aromatic heterocycles. The summed E-state index contributed by atoms with van der Waals surface area (Å²) in [4.78, 5) is 0. The number of fused-ring (bicyclic) bond motifs is 1. The molecule has 0 aliphatic carbocycles. The van der Waals surface area contributed by atoms with Crippen LogP contribution >= 0.6 is 11.3 Å². The van der Waals surface area contributed by atoms with Gasteiger partial charge in [0.15, 0.2) is 0 Å². The summed E-state index contributed by atoms with van der Waals surface area (Å²) in [5, 5.41) is 6.50. The van der Waals surface area contributed by atoms with Crippen molar-refractivity contribution in [2.24, 2.45) is 0 Å². The fourth-order valence-electron chi connectivity index (χ4n) is 1.57. The maximum Gasteiger partial charge on any atom is 0.136 e. The Morgan fingerprint density at radius 1 is 1.43 bits per heavy atom. The van der Waals surface area contributed by atoms with Crippen molar-refractivity contribution in [2.75, 3.05) is 14.2 Å². The Hall–Kier alpha value is -1.06. The van der Waals surface area contributed by atoms with Gasteiger partial charge in [-0.15, -0.1) is 11.3 Å². The van der Waals surface area contributed by atoms with Crippen molar-refractivity contribution in [3.8, 4) is 5.75 Å². The van der Waals surface area contributed by atoms with E-state index in [1.807, 2.05) is 7.05 Å². The number of rotatable bonds is 3. The van der Waals surface area contributed by atoms with Crippen molar-refractivity contribution >= 4 is 21.4 Å². The van der Waals surface area contributed by atoms with Gasteiger partial charge in [-0.1, -0.05) is 0 Å². The summed E-state index contributed by atoms with van der Waals surface area (Å²) < 4.78 is 6.58. The highest BCUT2D eigenvalue weighted by Gasteiger charge is 2.04. The second kappa shape index (κ2) is 3.98. The lowest BCUT2D eigenvalue weighted by Crippen LogP contribution is -2.04. The Balaban J connectivity index is 2.55. The van der Waals surface area contributed by atoms with Gasteiger partial charge in [-0.25, -0.2) is 0 Å². The molecule has 0 bridgehead atoms. The highest BCUT2D eigenvalue weighted by Crippen LogP contribution is 2.31. The molecular weight excluding hydrogens is 194 g/mol. The van der Waals surface area contributed by atoms with Crippen molar-refractivity contribution in [3.05, 3.63) is 29.1 Å². The van der Waals surface area contributed by atoms with E-state index >= 15 is 0 Å². The Morgan fingerprint density at radius 2 is 2.29 bits per heavy atom. The molecule has 0 spiro atoms. The van der Waals surface area contributed by atoms with Gasteiger partial charge in [-0.05, 0) is 41.6 Å². The maximum atomic E-state index is 5.36. The molecule has 2 nitrogen and oxygen atoms in total. The van der Waals surface area contributed by atoms with Crippen LogP contribution in [-0.4, -0.2) is 14.2 Å². The van der Waals surface area contributed by atoms with Gasteiger partial charge in [0, 0.05) is 6.54 Å². The monoisotopic (exact) mass is 207 g/mol. The van der Waals surface area contributed by atoms with Crippen LogP contribution in [0.25, 0.3) is 10.1 Å². The van der Waals surface area contributed by atoms with Gasteiger partial charge >= 0.3 is 0 Å². The highest BCUT2D eigenvalue weighted by atomic mass is 32.1. The van der Waals surface area contributed by atoms with E-state index in [0.717, 1.165) is 12.3 Å². The molecule has 2 aromatic rings. The molecule has 1 aromatic carbocycles. The summed E-state index contributed by atoms with van der Waals surface area (Å²) in [7, 11) is 3.67. The lowest BCUT2D eigenvalue weighted by molar-refractivity contribution is 0.420. The number of thiophene rings is 1. The van der Waals surface area contributed by atoms with Crippen LogP contribution in [0.5, 0.6) is 5.75 Å². The molecule has 1 N–H and O–H groups in total. The van der Waals surface area contributed by atoms with E-state index in [-0.39, 0.29) is 0 Å². The first-order valence-corrected chi connectivity index (χ1v) is 5.42. The zero-order valence-electron chi connectivity index (χ0n) is 8.33. The summed E-state index contributed by atoms with van der Waals surface area (Å²) in [6.07, 6.45) is 0. The number of hydrogen-bond donors (Lipinski definition) is 1. The van der Waals surface area contributed by atoms with Crippen LogP contribution in [0.4, 0.5) is 0 Å². The Labute approximate surface area is 87.5 Å². The van der Waals surface area contributed by atoms with E-state index in [2.05, 4.69) is 28.9 Å². The maximum absolute atomic E-state index is 5.36. The van der Waals surface area contributed by atoms with E-state index in [9.17, 15) is 0 Å².